The first-order chi connectivity index (χ1) is 19.1. The molecular weight excluding hydrogens is 524 g/mol. The standard InChI is InChI=1S/C30H30F4N4O2/c1-2-16-38(29(40)36-25-13-9-23(10-14-25)30(32,33)34)20-28(39)37(19-21-7-11-24(31)12-8-21)17-15-22-18-35-27-6-4-3-5-26(22)27/h3-14,18,35H,2,15-17,19-20H2,1H3,(H,36,40). The number of fused-ring (bicyclic) bond motifs is 1. The second-order valence-corrected chi connectivity index (χ2v) is 9.48. The van der Waals surface area contributed by atoms with Crippen LogP contribution in [0.15, 0.2) is 79.0 Å². The highest BCUT2D eigenvalue weighted by atomic mass is 19.4. The summed E-state index contributed by atoms with van der Waals surface area (Å²) in [6.45, 7) is 2.48. The van der Waals surface area contributed by atoms with Gasteiger partial charge in [-0.3, -0.25) is 4.79 Å². The number of nitrogens with zero attached hydrogens (tertiary/aromatic N) is 2. The molecule has 210 valence electrons. The second-order valence-electron chi connectivity index (χ2n) is 9.48. The Balaban J connectivity index is 1.48. The van der Waals surface area contributed by atoms with E-state index in [9.17, 15) is 27.2 Å². The van der Waals surface area contributed by atoms with Gasteiger partial charge in [0.25, 0.3) is 0 Å². The van der Waals surface area contributed by atoms with Crippen molar-refractivity contribution in [3.05, 3.63) is 102 Å². The number of H-pyrrole nitrogens is 1. The van der Waals surface area contributed by atoms with Crippen molar-refractivity contribution in [1.29, 1.82) is 0 Å². The smallest absolute Gasteiger partial charge is 0.361 e. The molecule has 1 heterocycles. The minimum Gasteiger partial charge on any atom is -0.361 e. The molecule has 0 unspecified atom stereocenters. The lowest BCUT2D eigenvalue weighted by molar-refractivity contribution is -0.137. The third-order valence-electron chi connectivity index (χ3n) is 6.54. The Morgan fingerprint density at radius 1 is 0.900 bits per heavy atom. The third-order valence-corrected chi connectivity index (χ3v) is 6.54. The fourth-order valence-electron chi connectivity index (χ4n) is 4.43. The molecule has 0 spiro atoms. The number of alkyl halides is 3. The van der Waals surface area contributed by atoms with E-state index in [1.54, 1.807) is 17.0 Å². The lowest BCUT2D eigenvalue weighted by Crippen LogP contribution is -2.45. The highest BCUT2D eigenvalue weighted by molar-refractivity contribution is 5.92. The molecule has 3 aromatic carbocycles. The van der Waals surface area contributed by atoms with E-state index < -0.39 is 17.8 Å². The van der Waals surface area contributed by atoms with Crippen molar-refractivity contribution >= 4 is 28.5 Å². The van der Waals surface area contributed by atoms with Crippen molar-refractivity contribution in [3.63, 3.8) is 0 Å². The SMILES string of the molecule is CCCN(CC(=O)N(CCc1c[nH]c2ccccc12)Cc1ccc(F)cc1)C(=O)Nc1ccc(C(F)(F)F)cc1. The normalized spacial score (nSPS) is 11.4. The van der Waals surface area contributed by atoms with E-state index in [1.807, 2.05) is 37.4 Å². The van der Waals surface area contributed by atoms with Crippen molar-refractivity contribution < 1.29 is 27.2 Å². The number of benzene rings is 3. The molecule has 0 saturated heterocycles. The van der Waals surface area contributed by atoms with Gasteiger partial charge in [0.15, 0.2) is 0 Å². The van der Waals surface area contributed by atoms with E-state index in [1.165, 1.54) is 29.2 Å². The lowest BCUT2D eigenvalue weighted by Gasteiger charge is -2.28. The second kappa shape index (κ2) is 12.7. The van der Waals surface area contributed by atoms with Crippen LogP contribution in [-0.2, 0) is 23.9 Å². The Morgan fingerprint density at radius 3 is 2.27 bits per heavy atom. The number of aromatic nitrogens is 1. The third kappa shape index (κ3) is 7.40. The number of rotatable bonds is 10. The predicted molar refractivity (Wildman–Crippen MR) is 146 cm³/mol. The van der Waals surface area contributed by atoms with E-state index >= 15 is 0 Å². The van der Waals surface area contributed by atoms with Gasteiger partial charge in [-0.1, -0.05) is 37.3 Å². The van der Waals surface area contributed by atoms with Crippen molar-refractivity contribution in [1.82, 2.24) is 14.8 Å². The number of aromatic amines is 1. The van der Waals surface area contributed by atoms with Crippen LogP contribution in [0.1, 0.15) is 30.0 Å². The minimum atomic E-state index is -4.48. The maximum Gasteiger partial charge on any atom is 0.416 e. The summed E-state index contributed by atoms with van der Waals surface area (Å²) >= 11 is 0. The molecule has 6 nitrogen and oxygen atoms in total. The average Bonchev–Trinajstić information content (AvgIpc) is 3.34. The molecule has 0 atom stereocenters. The molecule has 3 amide bonds. The number of carbonyl (C=O) groups is 2. The number of hydrogen-bond donors (Lipinski definition) is 2. The summed E-state index contributed by atoms with van der Waals surface area (Å²) in [5.74, 6) is -0.685. The van der Waals surface area contributed by atoms with Crippen molar-refractivity contribution in [2.75, 3.05) is 25.0 Å². The molecule has 0 radical (unpaired) electrons. The zero-order valence-corrected chi connectivity index (χ0v) is 22.0. The molecule has 0 aliphatic rings. The number of urea groups is 1. The quantitative estimate of drug-likeness (QED) is 0.211. The first-order valence-electron chi connectivity index (χ1n) is 12.9. The van der Waals surface area contributed by atoms with Crippen LogP contribution in [0.25, 0.3) is 10.9 Å². The van der Waals surface area contributed by atoms with Crippen LogP contribution in [0, 0.1) is 5.82 Å². The highest BCUT2D eigenvalue weighted by Crippen LogP contribution is 2.30. The number of carbonyl (C=O) groups excluding carboxylic acids is 2. The van der Waals surface area contributed by atoms with Crippen molar-refractivity contribution in [2.24, 2.45) is 0 Å². The minimum absolute atomic E-state index is 0.189. The largest absolute Gasteiger partial charge is 0.416 e. The maximum absolute atomic E-state index is 13.5. The zero-order chi connectivity index (χ0) is 28.7. The molecule has 1 aromatic heterocycles. The highest BCUT2D eigenvalue weighted by Gasteiger charge is 2.30. The van der Waals surface area contributed by atoms with Crippen molar-refractivity contribution in [3.8, 4) is 0 Å². The fourth-order valence-corrected chi connectivity index (χ4v) is 4.43. The van der Waals surface area contributed by atoms with Gasteiger partial charge in [-0.25, -0.2) is 9.18 Å². The van der Waals surface area contributed by atoms with Gasteiger partial charge in [0.1, 0.15) is 12.4 Å². The predicted octanol–water partition coefficient (Wildman–Crippen LogP) is 6.84. The van der Waals surface area contributed by atoms with Gasteiger partial charge in [0.2, 0.25) is 5.91 Å². The molecule has 10 heteroatoms. The maximum atomic E-state index is 13.5. The molecule has 0 aliphatic carbocycles. The van der Waals surface area contributed by atoms with Gasteiger partial charge in [-0.2, -0.15) is 13.2 Å². The van der Waals surface area contributed by atoms with Gasteiger partial charge < -0.3 is 20.1 Å². The monoisotopic (exact) mass is 554 g/mol. The Morgan fingerprint density at radius 2 is 1.60 bits per heavy atom. The number of nitrogens with one attached hydrogen (secondary N) is 2. The Bertz CT molecular complexity index is 1430. The summed E-state index contributed by atoms with van der Waals surface area (Å²) < 4.78 is 52.1. The fraction of sp³-hybridized carbons (Fsp3) is 0.267. The van der Waals surface area contributed by atoms with E-state index in [2.05, 4.69) is 10.3 Å². The van der Waals surface area contributed by atoms with Gasteiger partial charge in [-0.15, -0.1) is 0 Å². The van der Waals surface area contributed by atoms with E-state index in [0.29, 0.717) is 19.4 Å². The topological polar surface area (TPSA) is 68.4 Å². The summed E-state index contributed by atoms with van der Waals surface area (Å²) in [6.07, 6.45) is -1.44. The van der Waals surface area contributed by atoms with Gasteiger partial charge in [0.05, 0.1) is 5.56 Å². The first kappa shape index (κ1) is 28.7. The lowest BCUT2D eigenvalue weighted by atomic mass is 10.1. The molecular formula is C30H30F4N4O2. The molecule has 0 aliphatic heterocycles. The van der Waals surface area contributed by atoms with E-state index in [4.69, 9.17) is 0 Å². The van der Waals surface area contributed by atoms with Gasteiger partial charge in [-0.05, 0) is 66.4 Å². The number of halogens is 4. The molecule has 0 bridgehead atoms. The Labute approximate surface area is 229 Å². The van der Waals surface area contributed by atoms with Crippen LogP contribution in [0.5, 0.6) is 0 Å². The molecule has 4 aromatic rings. The molecule has 40 heavy (non-hydrogen) atoms. The van der Waals surface area contributed by atoms with E-state index in [0.717, 1.165) is 34.2 Å². The molecule has 0 saturated carbocycles. The van der Waals surface area contributed by atoms with Crippen LogP contribution in [0.4, 0.5) is 28.0 Å². The number of para-hydroxylation sites is 1. The summed E-state index contributed by atoms with van der Waals surface area (Å²) in [7, 11) is 0. The average molecular weight is 555 g/mol. The first-order valence-corrected chi connectivity index (χ1v) is 12.9. The van der Waals surface area contributed by atoms with Crippen LogP contribution >= 0.6 is 0 Å². The summed E-state index contributed by atoms with van der Waals surface area (Å²) in [5.41, 5.74) is 2.14. The van der Waals surface area contributed by atoms with E-state index in [-0.39, 0.29) is 37.0 Å². The van der Waals surface area contributed by atoms with Gasteiger partial charge >= 0.3 is 12.2 Å². The zero-order valence-electron chi connectivity index (χ0n) is 22.0. The number of hydrogen-bond acceptors (Lipinski definition) is 2. The van der Waals surface area contributed by atoms with Crippen LogP contribution in [-0.4, -0.2) is 46.4 Å². The summed E-state index contributed by atoms with van der Waals surface area (Å²) in [4.78, 5) is 32.7. The van der Waals surface area contributed by atoms with Gasteiger partial charge in [0, 0.05) is 42.4 Å². The summed E-state index contributed by atoms with van der Waals surface area (Å²) in [6, 6.07) is 17.3. The molecule has 0 fully saturated rings. The van der Waals surface area contributed by atoms with Crippen molar-refractivity contribution in [2.45, 2.75) is 32.5 Å². The molecule has 4 rings (SSSR count). The van der Waals surface area contributed by atoms with Crippen LogP contribution in [0.3, 0.4) is 0 Å². The number of anilines is 1. The Kier molecular flexibility index (Phi) is 9.08. The van der Waals surface area contributed by atoms with Crippen LogP contribution in [0.2, 0.25) is 0 Å². The Hall–Kier alpha value is -4.34. The summed E-state index contributed by atoms with van der Waals surface area (Å²) in [5, 5.41) is 3.64. The van der Waals surface area contributed by atoms with Crippen LogP contribution < -0.4 is 5.32 Å². The number of amides is 3. The molecule has 2 N–H and O–H groups in total.